The zero-order valence-corrected chi connectivity index (χ0v) is 24.1. The van der Waals surface area contributed by atoms with Crippen molar-refractivity contribution in [3.63, 3.8) is 0 Å². The topological polar surface area (TPSA) is 136 Å². The van der Waals surface area contributed by atoms with E-state index in [1.165, 1.54) is 0 Å². The first kappa shape index (κ1) is 28.6. The van der Waals surface area contributed by atoms with Crippen LogP contribution in [-0.2, 0) is 32.3 Å². The van der Waals surface area contributed by atoms with Gasteiger partial charge in [0.25, 0.3) is 0 Å². The molecule has 224 valence electrons. The number of benzene rings is 2. The number of halogens is 3. The summed E-state index contributed by atoms with van der Waals surface area (Å²) in [6.07, 6.45) is -3.76. The first-order chi connectivity index (χ1) is 20.2. The highest BCUT2D eigenvalue weighted by atomic mass is 19.4. The molecule has 2 aromatic carbocycles. The van der Waals surface area contributed by atoms with Gasteiger partial charge in [-0.05, 0) is 75.9 Å². The maximum atomic E-state index is 13.1. The Morgan fingerprint density at radius 2 is 1.26 bits per heavy atom. The third kappa shape index (κ3) is 4.57. The normalized spacial score (nSPS) is 18.7. The lowest BCUT2D eigenvalue weighted by atomic mass is 9.86. The Hall–Kier alpha value is -4.55. The summed E-state index contributed by atoms with van der Waals surface area (Å²) in [5.41, 5.74) is 1.42. The average molecular weight is 595 g/mol. The number of nitrogens with one attached hydrogen (secondary N) is 2. The second-order valence-corrected chi connectivity index (χ2v) is 12.0. The van der Waals surface area contributed by atoms with E-state index in [0.29, 0.717) is 29.5 Å². The van der Waals surface area contributed by atoms with Crippen molar-refractivity contribution in [3.05, 3.63) is 59.3 Å². The summed E-state index contributed by atoms with van der Waals surface area (Å²) in [5, 5.41) is 21.0. The van der Waals surface area contributed by atoms with Crippen molar-refractivity contribution in [2.75, 3.05) is 10.6 Å². The minimum Gasteiger partial charge on any atom is -0.421 e. The number of hydrogen-bond acceptors (Lipinski definition) is 8. The number of aryl methyl sites for hydroxylation is 1. The van der Waals surface area contributed by atoms with Crippen LogP contribution in [0.2, 0.25) is 0 Å². The van der Waals surface area contributed by atoms with Gasteiger partial charge in [0.1, 0.15) is 5.41 Å². The Labute approximate surface area is 244 Å². The highest BCUT2D eigenvalue weighted by Gasteiger charge is 2.68. The molecule has 7 rings (SSSR count). The fourth-order valence-corrected chi connectivity index (χ4v) is 5.24. The molecule has 43 heavy (non-hydrogen) atoms. The molecule has 0 radical (unpaired) electrons. The molecule has 1 aliphatic carbocycles. The lowest BCUT2D eigenvalue weighted by Gasteiger charge is -2.15. The number of fused-ring (bicyclic) bond motifs is 2. The maximum absolute atomic E-state index is 13.1. The Kier molecular flexibility index (Phi) is 6.30. The predicted molar refractivity (Wildman–Crippen MR) is 149 cm³/mol. The monoisotopic (exact) mass is 594 g/mol. The summed E-state index contributed by atoms with van der Waals surface area (Å²) in [6.45, 7) is 9.39. The first-order valence-electron chi connectivity index (χ1n) is 13.8. The van der Waals surface area contributed by atoms with E-state index in [2.05, 4.69) is 31.0 Å². The SMILES string of the molecule is CC1(C)C(=O)Nc2cc(-c3nnc(C4(C(F)(F)F)CC4)o3)ccc21.CCc1nnc(-c2ccc3c(c2)NC(=O)C3(C)C)o1. The number of rotatable bonds is 4. The zero-order chi connectivity index (χ0) is 30.9. The van der Waals surface area contributed by atoms with Gasteiger partial charge >= 0.3 is 6.18 Å². The lowest BCUT2D eigenvalue weighted by Crippen LogP contribution is -2.28. The van der Waals surface area contributed by atoms with Crippen LogP contribution in [0.5, 0.6) is 0 Å². The second kappa shape index (κ2) is 9.48. The molecule has 10 nitrogen and oxygen atoms in total. The predicted octanol–water partition coefficient (Wildman–Crippen LogP) is 6.09. The molecule has 0 unspecified atom stereocenters. The minimum atomic E-state index is -4.40. The van der Waals surface area contributed by atoms with Gasteiger partial charge < -0.3 is 19.5 Å². The molecule has 1 fully saturated rings. The third-order valence-electron chi connectivity index (χ3n) is 8.41. The summed E-state index contributed by atoms with van der Waals surface area (Å²) in [4.78, 5) is 23.9. The quantitative estimate of drug-likeness (QED) is 0.290. The van der Waals surface area contributed by atoms with Gasteiger partial charge in [-0.25, -0.2) is 0 Å². The molecule has 2 amide bonds. The smallest absolute Gasteiger partial charge is 0.403 e. The summed E-state index contributed by atoms with van der Waals surface area (Å²) < 4.78 is 50.2. The summed E-state index contributed by atoms with van der Waals surface area (Å²) in [5.74, 6) is 0.602. The van der Waals surface area contributed by atoms with Gasteiger partial charge in [0.05, 0.1) is 10.8 Å². The number of amides is 2. The molecule has 0 bridgehead atoms. The van der Waals surface area contributed by atoms with E-state index in [-0.39, 0.29) is 30.5 Å². The van der Waals surface area contributed by atoms with Gasteiger partial charge in [-0.2, -0.15) is 13.2 Å². The number of nitrogens with zero attached hydrogens (tertiary/aromatic N) is 4. The zero-order valence-electron chi connectivity index (χ0n) is 24.1. The standard InChI is InChI=1S/C16H14F3N3O2.C14H15N3O2/c1-14(2)9-4-3-8(7-10(9)20-12(14)23)11-21-22-13(24-11)15(5-6-15)16(17,18)19;1-4-11-16-17-12(19-11)8-5-6-9-10(7-8)15-13(18)14(9,2)3/h3-4,7H,5-6H2,1-2H3,(H,20,23);5-7H,4H2,1-3H3,(H,15,18). The number of anilines is 2. The van der Waals surface area contributed by atoms with Crippen LogP contribution >= 0.6 is 0 Å². The van der Waals surface area contributed by atoms with Crippen molar-refractivity contribution in [1.29, 1.82) is 0 Å². The third-order valence-corrected chi connectivity index (χ3v) is 8.41. The van der Waals surface area contributed by atoms with Gasteiger partial charge in [0, 0.05) is 28.9 Å². The van der Waals surface area contributed by atoms with Gasteiger partial charge in [0.2, 0.25) is 35.4 Å². The van der Waals surface area contributed by atoms with Gasteiger partial charge in [0.15, 0.2) is 0 Å². The van der Waals surface area contributed by atoms with Gasteiger partial charge in [-0.15, -0.1) is 20.4 Å². The highest BCUT2D eigenvalue weighted by molar-refractivity contribution is 6.06. The molecule has 4 aromatic rings. The summed E-state index contributed by atoms with van der Waals surface area (Å²) >= 11 is 0. The summed E-state index contributed by atoms with van der Waals surface area (Å²) in [6, 6.07) is 10.8. The average Bonchev–Trinajstić information content (AvgIpc) is 3.23. The second-order valence-electron chi connectivity index (χ2n) is 12.0. The van der Waals surface area contributed by atoms with E-state index in [1.807, 2.05) is 39.0 Å². The van der Waals surface area contributed by atoms with Crippen molar-refractivity contribution in [1.82, 2.24) is 20.4 Å². The van der Waals surface area contributed by atoms with Crippen molar-refractivity contribution >= 4 is 23.2 Å². The molecule has 2 aromatic heterocycles. The van der Waals surface area contributed by atoms with Crippen LogP contribution in [0.15, 0.2) is 45.2 Å². The Bertz CT molecular complexity index is 1770. The molecule has 2 aliphatic heterocycles. The molecular formula is C30H29F3N6O4. The lowest BCUT2D eigenvalue weighted by molar-refractivity contribution is -0.165. The minimum absolute atomic E-state index is 0.0134. The Balaban J connectivity index is 0.000000157. The number of hydrogen-bond donors (Lipinski definition) is 2. The first-order valence-corrected chi connectivity index (χ1v) is 13.8. The summed E-state index contributed by atoms with van der Waals surface area (Å²) in [7, 11) is 0. The molecule has 0 saturated heterocycles. The van der Waals surface area contributed by atoms with Crippen molar-refractivity contribution in [3.8, 4) is 22.9 Å². The molecule has 1 saturated carbocycles. The molecule has 3 aliphatic rings. The van der Waals surface area contributed by atoms with Crippen LogP contribution in [0.4, 0.5) is 24.5 Å². The van der Waals surface area contributed by atoms with Crippen molar-refractivity contribution in [2.24, 2.45) is 0 Å². The highest BCUT2D eigenvalue weighted by Crippen LogP contribution is 2.58. The molecule has 0 spiro atoms. The Morgan fingerprint density at radius 3 is 1.70 bits per heavy atom. The van der Waals surface area contributed by atoms with Crippen LogP contribution < -0.4 is 10.6 Å². The van der Waals surface area contributed by atoms with E-state index in [1.54, 1.807) is 32.0 Å². The van der Waals surface area contributed by atoms with Gasteiger partial charge in [-0.3, -0.25) is 9.59 Å². The number of carbonyl (C=O) groups is 2. The van der Waals surface area contributed by atoms with E-state index >= 15 is 0 Å². The van der Waals surface area contributed by atoms with E-state index < -0.39 is 28.3 Å². The van der Waals surface area contributed by atoms with Gasteiger partial charge in [-0.1, -0.05) is 19.1 Å². The fraction of sp³-hybridized carbons (Fsp3) is 0.400. The van der Waals surface area contributed by atoms with Crippen LogP contribution in [0.25, 0.3) is 22.9 Å². The van der Waals surface area contributed by atoms with E-state index in [9.17, 15) is 22.8 Å². The largest absolute Gasteiger partial charge is 0.421 e. The van der Waals surface area contributed by atoms with E-state index in [4.69, 9.17) is 8.83 Å². The Morgan fingerprint density at radius 1 is 0.767 bits per heavy atom. The van der Waals surface area contributed by atoms with Crippen LogP contribution in [-0.4, -0.2) is 38.4 Å². The van der Waals surface area contributed by atoms with Crippen molar-refractivity contribution in [2.45, 2.75) is 76.3 Å². The van der Waals surface area contributed by atoms with Crippen molar-refractivity contribution < 1.29 is 31.6 Å². The number of alkyl halides is 3. The molecule has 0 atom stereocenters. The van der Waals surface area contributed by atoms with Crippen LogP contribution in [0.1, 0.15) is 70.4 Å². The number of aromatic nitrogens is 4. The molecular weight excluding hydrogens is 565 g/mol. The number of carbonyl (C=O) groups excluding carboxylic acids is 2. The van der Waals surface area contributed by atoms with Crippen LogP contribution in [0.3, 0.4) is 0 Å². The fourth-order valence-electron chi connectivity index (χ4n) is 5.24. The molecule has 4 heterocycles. The molecule has 2 N–H and O–H groups in total. The molecule has 13 heteroatoms. The maximum Gasteiger partial charge on any atom is 0.403 e. The van der Waals surface area contributed by atoms with E-state index in [0.717, 1.165) is 22.4 Å². The van der Waals surface area contributed by atoms with Crippen LogP contribution in [0, 0.1) is 0 Å².